The number of likely N-dealkylation sites (N-methyl/N-ethyl adjacent to an activating group) is 1. The number of pyridine rings is 1. The number of aliphatic hydroxyl groups excluding tert-OH is 1. The van der Waals surface area contributed by atoms with E-state index in [2.05, 4.69) is 36.8 Å². The molecule has 1 aliphatic heterocycles. The van der Waals surface area contributed by atoms with Crippen molar-refractivity contribution in [3.63, 3.8) is 0 Å². The number of aromatic nitrogens is 1. The number of nitriles is 1. The fourth-order valence-electron chi connectivity index (χ4n) is 3.38. The Morgan fingerprint density at radius 1 is 1.40 bits per heavy atom. The molecule has 0 spiro atoms. The number of anilines is 1. The highest BCUT2D eigenvalue weighted by Gasteiger charge is 2.34. The first-order chi connectivity index (χ1) is 12.0. The number of nitrogens with zero attached hydrogens (tertiary/aromatic N) is 4. The molecule has 6 nitrogen and oxygen atoms in total. The highest BCUT2D eigenvalue weighted by Crippen LogP contribution is 2.30. The van der Waals surface area contributed by atoms with E-state index in [-0.39, 0.29) is 12.5 Å². The van der Waals surface area contributed by atoms with Gasteiger partial charge in [0.05, 0.1) is 12.2 Å². The van der Waals surface area contributed by atoms with Crippen LogP contribution in [0, 0.1) is 23.2 Å². The Morgan fingerprint density at radius 2 is 2.12 bits per heavy atom. The molecule has 25 heavy (non-hydrogen) atoms. The van der Waals surface area contributed by atoms with Crippen LogP contribution in [0.4, 0.5) is 5.82 Å². The lowest BCUT2D eigenvalue weighted by atomic mass is 9.96. The molecule has 2 rings (SSSR count). The Hall–Kier alpha value is -1.68. The van der Waals surface area contributed by atoms with Crippen LogP contribution in [-0.2, 0) is 4.74 Å². The van der Waals surface area contributed by atoms with Gasteiger partial charge in [-0.15, -0.1) is 0 Å². The molecule has 0 unspecified atom stereocenters. The van der Waals surface area contributed by atoms with Gasteiger partial charge in [0.2, 0.25) is 0 Å². The monoisotopic (exact) mass is 346 g/mol. The van der Waals surface area contributed by atoms with Crippen molar-refractivity contribution in [1.29, 1.82) is 5.26 Å². The number of aliphatic hydroxyl groups is 1. The number of methoxy groups -OCH3 is 1. The van der Waals surface area contributed by atoms with Crippen molar-refractivity contribution in [2.24, 2.45) is 11.8 Å². The average Bonchev–Trinajstić information content (AvgIpc) is 3.01. The molecule has 0 aliphatic carbocycles. The van der Waals surface area contributed by atoms with E-state index in [0.717, 1.165) is 37.7 Å². The summed E-state index contributed by atoms with van der Waals surface area (Å²) in [4.78, 5) is 9.15. The van der Waals surface area contributed by atoms with Gasteiger partial charge >= 0.3 is 0 Å². The number of hydrogen-bond donors (Lipinski definition) is 1. The Morgan fingerprint density at radius 3 is 2.72 bits per heavy atom. The summed E-state index contributed by atoms with van der Waals surface area (Å²) in [6.07, 6.45) is 0. The summed E-state index contributed by atoms with van der Waals surface area (Å²) in [5, 5.41) is 19.3. The molecule has 1 aromatic heterocycles. The Balaban J connectivity index is 2.16. The third-order valence-electron chi connectivity index (χ3n) is 4.94. The Kier molecular flexibility index (Phi) is 7.18. The average molecular weight is 346 g/mol. The molecule has 0 amide bonds. The molecule has 138 valence electrons. The zero-order valence-corrected chi connectivity index (χ0v) is 15.8. The van der Waals surface area contributed by atoms with Crippen LogP contribution in [0.25, 0.3) is 0 Å². The SMILES string of the molecule is COCCN(C)C[C@@H]1CN(c2nc(C(C)C)ccc2C#N)C[C@@H]1CO. The van der Waals surface area contributed by atoms with Gasteiger partial charge in [0, 0.05) is 51.5 Å². The van der Waals surface area contributed by atoms with E-state index in [9.17, 15) is 10.4 Å². The molecular weight excluding hydrogens is 316 g/mol. The molecule has 1 N–H and O–H groups in total. The maximum absolute atomic E-state index is 9.80. The van der Waals surface area contributed by atoms with E-state index < -0.39 is 0 Å². The topological polar surface area (TPSA) is 72.6 Å². The summed E-state index contributed by atoms with van der Waals surface area (Å²) in [6, 6.07) is 6.06. The van der Waals surface area contributed by atoms with Gasteiger partial charge in [0.25, 0.3) is 0 Å². The third kappa shape index (κ3) is 4.91. The Bertz CT molecular complexity index is 600. The molecule has 2 heterocycles. The normalized spacial score (nSPS) is 20.5. The summed E-state index contributed by atoms with van der Waals surface area (Å²) in [5.74, 6) is 1.62. The quantitative estimate of drug-likeness (QED) is 0.772. The Labute approximate surface area is 151 Å². The van der Waals surface area contributed by atoms with Crippen LogP contribution >= 0.6 is 0 Å². The van der Waals surface area contributed by atoms with E-state index in [4.69, 9.17) is 9.72 Å². The van der Waals surface area contributed by atoms with Crippen molar-refractivity contribution >= 4 is 5.82 Å². The molecule has 0 bridgehead atoms. The summed E-state index contributed by atoms with van der Waals surface area (Å²) >= 11 is 0. The lowest BCUT2D eigenvalue weighted by molar-refractivity contribution is 0.136. The van der Waals surface area contributed by atoms with Crippen molar-refractivity contribution in [1.82, 2.24) is 9.88 Å². The minimum absolute atomic E-state index is 0.158. The molecule has 1 fully saturated rings. The number of ether oxygens (including phenoxy) is 1. The molecule has 2 atom stereocenters. The van der Waals surface area contributed by atoms with Gasteiger partial charge in [-0.2, -0.15) is 5.26 Å². The van der Waals surface area contributed by atoms with E-state index in [0.29, 0.717) is 24.0 Å². The third-order valence-corrected chi connectivity index (χ3v) is 4.94. The second kappa shape index (κ2) is 9.14. The maximum Gasteiger partial charge on any atom is 0.146 e. The van der Waals surface area contributed by atoms with Crippen LogP contribution in [0.5, 0.6) is 0 Å². The number of rotatable bonds is 8. The van der Waals surface area contributed by atoms with Gasteiger partial charge in [-0.05, 0) is 31.0 Å². The predicted octanol–water partition coefficient (Wildman–Crippen LogP) is 1.70. The standard InChI is InChI=1S/C19H30N4O2/c1-14(2)18-6-5-15(9-20)19(21-18)23-11-16(17(12-23)13-24)10-22(3)7-8-25-4/h5-6,14,16-17,24H,7-8,10-13H2,1-4H3/t16-,17-/m1/s1. The van der Waals surface area contributed by atoms with Gasteiger partial charge in [0.1, 0.15) is 11.9 Å². The highest BCUT2D eigenvalue weighted by atomic mass is 16.5. The molecule has 0 saturated carbocycles. The molecule has 0 aromatic carbocycles. The summed E-state index contributed by atoms with van der Waals surface area (Å²) in [7, 11) is 3.78. The number of hydrogen-bond acceptors (Lipinski definition) is 6. The minimum atomic E-state index is 0.158. The van der Waals surface area contributed by atoms with Crippen molar-refractivity contribution in [3.05, 3.63) is 23.4 Å². The maximum atomic E-state index is 9.80. The van der Waals surface area contributed by atoms with Crippen molar-refractivity contribution < 1.29 is 9.84 Å². The lowest BCUT2D eigenvalue weighted by Gasteiger charge is -2.23. The summed E-state index contributed by atoms with van der Waals surface area (Å²) in [5.41, 5.74) is 1.60. The first-order valence-corrected chi connectivity index (χ1v) is 8.94. The second-order valence-corrected chi connectivity index (χ2v) is 7.24. The summed E-state index contributed by atoms with van der Waals surface area (Å²) in [6.45, 7) is 8.39. The fourth-order valence-corrected chi connectivity index (χ4v) is 3.38. The second-order valence-electron chi connectivity index (χ2n) is 7.24. The van der Waals surface area contributed by atoms with Crippen LogP contribution in [-0.4, -0.2) is 68.5 Å². The van der Waals surface area contributed by atoms with E-state index >= 15 is 0 Å². The van der Waals surface area contributed by atoms with Gasteiger partial charge in [0.15, 0.2) is 0 Å². The van der Waals surface area contributed by atoms with E-state index in [1.165, 1.54) is 0 Å². The largest absolute Gasteiger partial charge is 0.396 e. The van der Waals surface area contributed by atoms with Crippen molar-refractivity contribution in [3.8, 4) is 6.07 Å². The van der Waals surface area contributed by atoms with Crippen LogP contribution < -0.4 is 4.90 Å². The molecule has 1 saturated heterocycles. The lowest BCUT2D eigenvalue weighted by Crippen LogP contribution is -2.33. The van der Waals surface area contributed by atoms with Crippen molar-refractivity contribution in [2.75, 3.05) is 58.5 Å². The van der Waals surface area contributed by atoms with Gasteiger partial charge in [-0.3, -0.25) is 0 Å². The molecule has 1 aliphatic rings. The zero-order chi connectivity index (χ0) is 18.4. The predicted molar refractivity (Wildman–Crippen MR) is 98.7 cm³/mol. The van der Waals surface area contributed by atoms with Crippen molar-refractivity contribution in [2.45, 2.75) is 19.8 Å². The molecule has 1 aromatic rings. The van der Waals surface area contributed by atoms with E-state index in [1.807, 2.05) is 12.1 Å². The summed E-state index contributed by atoms with van der Waals surface area (Å²) < 4.78 is 5.14. The van der Waals surface area contributed by atoms with Crippen LogP contribution in [0.1, 0.15) is 31.0 Å². The first-order valence-electron chi connectivity index (χ1n) is 8.94. The zero-order valence-electron chi connectivity index (χ0n) is 15.8. The minimum Gasteiger partial charge on any atom is -0.396 e. The molecular formula is C19H30N4O2. The van der Waals surface area contributed by atoms with Crippen LogP contribution in [0.2, 0.25) is 0 Å². The molecule has 0 radical (unpaired) electrons. The van der Waals surface area contributed by atoms with Crippen LogP contribution in [0.15, 0.2) is 12.1 Å². The van der Waals surface area contributed by atoms with Gasteiger partial charge < -0.3 is 19.6 Å². The van der Waals surface area contributed by atoms with E-state index in [1.54, 1.807) is 7.11 Å². The first kappa shape index (κ1) is 19.6. The molecule has 6 heteroatoms. The van der Waals surface area contributed by atoms with Gasteiger partial charge in [-0.25, -0.2) is 4.98 Å². The smallest absolute Gasteiger partial charge is 0.146 e. The van der Waals surface area contributed by atoms with Crippen LogP contribution in [0.3, 0.4) is 0 Å². The van der Waals surface area contributed by atoms with Gasteiger partial charge in [-0.1, -0.05) is 13.8 Å². The fraction of sp³-hybridized carbons (Fsp3) is 0.684. The highest BCUT2D eigenvalue weighted by molar-refractivity contribution is 5.55.